The largest absolute Gasteiger partial charge is 0.379 e. The zero-order valence-corrected chi connectivity index (χ0v) is 18.8. The summed E-state index contributed by atoms with van der Waals surface area (Å²) in [5.41, 5.74) is 0.813. The maximum Gasteiger partial charge on any atom is 0.324 e. The summed E-state index contributed by atoms with van der Waals surface area (Å²) in [6.45, 7) is 2.62. The number of ether oxygens (including phenoxy) is 1. The summed E-state index contributed by atoms with van der Waals surface area (Å²) in [7, 11) is 0. The third-order valence-corrected chi connectivity index (χ3v) is 6.17. The lowest BCUT2D eigenvalue weighted by atomic mass is 10.1. The van der Waals surface area contributed by atoms with Gasteiger partial charge in [-0.2, -0.15) is 0 Å². The van der Waals surface area contributed by atoms with Crippen molar-refractivity contribution >= 4 is 28.4 Å². The zero-order chi connectivity index (χ0) is 23.0. The first kappa shape index (κ1) is 22.9. The molecule has 1 aliphatic rings. The third-order valence-electron chi connectivity index (χ3n) is 5.25. The molecule has 1 unspecified atom stereocenters. The predicted octanol–water partition coefficient (Wildman–Crippen LogP) is 3.12. The molecule has 2 N–H and O–H groups in total. The summed E-state index contributed by atoms with van der Waals surface area (Å²) in [5.74, 6) is -0.555. The monoisotopic (exact) mass is 472 g/mol. The van der Waals surface area contributed by atoms with E-state index in [0.717, 1.165) is 36.3 Å². The fraction of sp³-hybridized carbons (Fsp3) is 0.364. The maximum absolute atomic E-state index is 13.2. The normalized spacial score (nSPS) is 15.4. The first-order chi connectivity index (χ1) is 16.1. The molecule has 2 aromatic heterocycles. The number of nitrogens with one attached hydrogen (secondary N) is 2. The molecular formula is C22H25FN6O3S. The molecule has 1 aromatic carbocycles. The van der Waals surface area contributed by atoms with Gasteiger partial charge in [-0.15, -0.1) is 0 Å². The van der Waals surface area contributed by atoms with Crippen molar-refractivity contribution in [1.82, 2.24) is 24.8 Å². The van der Waals surface area contributed by atoms with E-state index < -0.39 is 0 Å². The number of hydrogen-bond acceptors (Lipinski definition) is 6. The summed E-state index contributed by atoms with van der Waals surface area (Å²) in [6.07, 6.45) is 8.26. The van der Waals surface area contributed by atoms with Gasteiger partial charge in [0.2, 0.25) is 0 Å². The second-order valence-corrected chi connectivity index (χ2v) is 8.67. The molecule has 3 heterocycles. The van der Waals surface area contributed by atoms with E-state index in [2.05, 4.69) is 20.6 Å². The molecule has 3 amide bonds. The number of carbonyl (C=O) groups is 2. The Hall–Kier alpha value is -3.31. The van der Waals surface area contributed by atoms with Gasteiger partial charge in [-0.25, -0.2) is 19.2 Å². The molecule has 1 atom stereocenters. The van der Waals surface area contributed by atoms with Crippen LogP contribution in [-0.2, 0) is 17.8 Å². The fourth-order valence-electron chi connectivity index (χ4n) is 3.49. The minimum atomic E-state index is -0.337. The van der Waals surface area contributed by atoms with Crippen LogP contribution in [0.25, 0.3) is 0 Å². The Balaban J connectivity index is 1.32. The minimum absolute atomic E-state index is 0.0896. The lowest BCUT2D eigenvalue weighted by Gasteiger charge is -2.28. The highest BCUT2D eigenvalue weighted by atomic mass is 32.1. The van der Waals surface area contributed by atoms with E-state index in [1.165, 1.54) is 18.3 Å². The number of carbonyl (C=O) groups excluding carboxylic acids is 2. The number of urea groups is 1. The van der Waals surface area contributed by atoms with Crippen LogP contribution in [-0.4, -0.2) is 57.2 Å². The quantitative estimate of drug-likeness (QED) is 0.466. The number of nitrogens with zero attached hydrogens (tertiary/aromatic N) is 4. The van der Waals surface area contributed by atoms with Crippen LogP contribution in [0.1, 0.15) is 28.1 Å². The Bertz CT molecular complexity index is 1050. The lowest BCUT2D eigenvalue weighted by Crippen LogP contribution is -2.42. The van der Waals surface area contributed by atoms with E-state index in [1.807, 2.05) is 10.8 Å². The molecule has 1 saturated heterocycles. The number of thiazole rings is 1. The van der Waals surface area contributed by atoms with Crippen molar-refractivity contribution in [2.24, 2.45) is 0 Å². The predicted molar refractivity (Wildman–Crippen MR) is 121 cm³/mol. The van der Waals surface area contributed by atoms with Crippen LogP contribution >= 0.6 is 11.3 Å². The van der Waals surface area contributed by atoms with Crippen molar-refractivity contribution in [2.75, 3.05) is 25.1 Å². The van der Waals surface area contributed by atoms with Gasteiger partial charge in [0, 0.05) is 38.6 Å². The van der Waals surface area contributed by atoms with E-state index in [4.69, 9.17) is 4.74 Å². The van der Waals surface area contributed by atoms with Crippen LogP contribution in [0, 0.1) is 5.82 Å². The number of rotatable bonds is 9. The van der Waals surface area contributed by atoms with Crippen LogP contribution in [0.15, 0.2) is 49.2 Å². The lowest BCUT2D eigenvalue weighted by molar-refractivity contribution is 0.0956. The number of imidazole rings is 1. The van der Waals surface area contributed by atoms with Crippen LogP contribution in [0.3, 0.4) is 0 Å². The number of anilines is 1. The molecule has 0 bridgehead atoms. The van der Waals surface area contributed by atoms with Crippen molar-refractivity contribution in [2.45, 2.75) is 32.0 Å². The van der Waals surface area contributed by atoms with E-state index in [-0.39, 0.29) is 23.8 Å². The Morgan fingerprint density at radius 1 is 1.30 bits per heavy atom. The van der Waals surface area contributed by atoms with Gasteiger partial charge in [0.15, 0.2) is 5.13 Å². The smallest absolute Gasteiger partial charge is 0.324 e. The highest BCUT2D eigenvalue weighted by Gasteiger charge is 2.28. The number of hydrogen-bond donors (Lipinski definition) is 2. The molecule has 1 aliphatic heterocycles. The average Bonchev–Trinajstić information content (AvgIpc) is 3.59. The molecule has 174 valence electrons. The molecule has 33 heavy (non-hydrogen) atoms. The first-order valence-corrected chi connectivity index (χ1v) is 11.5. The molecule has 11 heteroatoms. The van der Waals surface area contributed by atoms with Gasteiger partial charge in [-0.1, -0.05) is 23.5 Å². The van der Waals surface area contributed by atoms with Crippen molar-refractivity contribution in [3.63, 3.8) is 0 Å². The second-order valence-electron chi connectivity index (χ2n) is 7.64. The molecule has 1 fully saturated rings. The number of halogens is 1. The molecule has 0 spiro atoms. The van der Waals surface area contributed by atoms with Gasteiger partial charge in [0.1, 0.15) is 10.7 Å². The van der Waals surface area contributed by atoms with Gasteiger partial charge < -0.3 is 19.5 Å². The summed E-state index contributed by atoms with van der Waals surface area (Å²) < 4.78 is 20.6. The van der Waals surface area contributed by atoms with Crippen LogP contribution in [0.5, 0.6) is 0 Å². The topological polar surface area (TPSA) is 101 Å². The van der Waals surface area contributed by atoms with E-state index >= 15 is 0 Å². The Kier molecular flexibility index (Phi) is 7.63. The third kappa shape index (κ3) is 6.36. The molecule has 3 aromatic rings. The summed E-state index contributed by atoms with van der Waals surface area (Å²) in [6, 6.07) is 5.63. The van der Waals surface area contributed by atoms with Crippen molar-refractivity contribution in [1.29, 1.82) is 0 Å². The van der Waals surface area contributed by atoms with Gasteiger partial charge >= 0.3 is 6.03 Å². The van der Waals surface area contributed by atoms with Gasteiger partial charge in [-0.05, 0) is 30.5 Å². The van der Waals surface area contributed by atoms with Crippen LogP contribution in [0.2, 0.25) is 0 Å². The highest BCUT2D eigenvalue weighted by Crippen LogP contribution is 2.21. The first-order valence-electron chi connectivity index (χ1n) is 10.7. The van der Waals surface area contributed by atoms with E-state index in [0.29, 0.717) is 36.3 Å². The molecule has 0 radical (unpaired) electrons. The number of aryl methyl sites for hydroxylation is 1. The van der Waals surface area contributed by atoms with E-state index in [9.17, 15) is 14.0 Å². The van der Waals surface area contributed by atoms with Gasteiger partial charge in [-0.3, -0.25) is 10.1 Å². The number of aromatic nitrogens is 3. The fourth-order valence-corrected chi connectivity index (χ4v) is 4.21. The summed E-state index contributed by atoms with van der Waals surface area (Å²) in [4.78, 5) is 35.6. The minimum Gasteiger partial charge on any atom is -0.379 e. The van der Waals surface area contributed by atoms with Crippen molar-refractivity contribution in [3.05, 3.63) is 65.4 Å². The Morgan fingerprint density at radius 2 is 2.15 bits per heavy atom. The molecule has 0 saturated carbocycles. The molecular weight excluding hydrogens is 447 g/mol. The molecule has 9 nitrogen and oxygen atoms in total. The SMILES string of the molecule is O=C(NCCCn1ccnc1)c1cnc(NC(=O)N(Cc2ccc(F)cc2)C2CCOC2)s1. The van der Waals surface area contributed by atoms with Crippen molar-refractivity contribution in [3.8, 4) is 0 Å². The van der Waals surface area contributed by atoms with Crippen molar-refractivity contribution < 1.29 is 18.7 Å². The maximum atomic E-state index is 13.2. The molecule has 0 aliphatic carbocycles. The average molecular weight is 473 g/mol. The highest BCUT2D eigenvalue weighted by molar-refractivity contribution is 7.17. The van der Waals surface area contributed by atoms with Crippen LogP contribution in [0.4, 0.5) is 14.3 Å². The van der Waals surface area contributed by atoms with E-state index in [1.54, 1.807) is 29.6 Å². The van der Waals surface area contributed by atoms with Gasteiger partial charge in [0.25, 0.3) is 5.91 Å². The number of benzene rings is 1. The summed E-state index contributed by atoms with van der Waals surface area (Å²) >= 11 is 1.12. The standard InChI is InChI=1S/C22H25FN6O3S/c23-17-4-2-16(3-5-17)13-29(18-6-11-32-14-18)22(31)27-21-26-12-19(33-21)20(30)25-7-1-9-28-10-8-24-15-28/h2-5,8,10,12,15,18H,1,6-7,9,11,13-14H2,(H,25,30)(H,26,27,31). The Labute approximate surface area is 194 Å². The Morgan fingerprint density at radius 3 is 2.88 bits per heavy atom. The second kappa shape index (κ2) is 11.0. The zero-order valence-electron chi connectivity index (χ0n) is 17.9. The summed E-state index contributed by atoms with van der Waals surface area (Å²) in [5, 5.41) is 5.99. The van der Waals surface area contributed by atoms with Crippen LogP contribution < -0.4 is 10.6 Å². The molecule has 4 rings (SSSR count). The number of amides is 3. The van der Waals surface area contributed by atoms with Gasteiger partial charge in [0.05, 0.1) is 25.2 Å².